The van der Waals surface area contributed by atoms with Gasteiger partial charge in [0.05, 0.1) is 24.3 Å². The number of rotatable bonds is 7. The van der Waals surface area contributed by atoms with Gasteiger partial charge < -0.3 is 14.2 Å². The molecule has 0 radical (unpaired) electrons. The predicted molar refractivity (Wildman–Crippen MR) is 62.3 cm³/mol. The highest BCUT2D eigenvalue weighted by atomic mass is 79.9. The molecule has 0 amide bonds. The van der Waals surface area contributed by atoms with Crippen LogP contribution in [0.15, 0.2) is 22.7 Å². The van der Waals surface area contributed by atoms with Crippen LogP contribution in [0.4, 0.5) is 4.39 Å². The van der Waals surface area contributed by atoms with Crippen LogP contribution in [0.1, 0.15) is 0 Å². The first kappa shape index (κ1) is 13.4. The van der Waals surface area contributed by atoms with E-state index < -0.39 is 0 Å². The van der Waals surface area contributed by atoms with E-state index in [1.807, 2.05) is 0 Å². The second-order valence-corrected chi connectivity index (χ2v) is 3.88. The predicted octanol–water partition coefficient (Wildman–Crippen LogP) is 2.63. The van der Waals surface area contributed by atoms with Crippen molar-refractivity contribution in [1.29, 1.82) is 0 Å². The molecule has 1 rings (SSSR count). The van der Waals surface area contributed by atoms with Crippen LogP contribution < -0.4 is 4.74 Å². The molecule has 3 nitrogen and oxygen atoms in total. The van der Waals surface area contributed by atoms with Crippen molar-refractivity contribution >= 4 is 15.9 Å². The molecule has 0 N–H and O–H groups in total. The van der Waals surface area contributed by atoms with Crippen LogP contribution in [-0.2, 0) is 9.47 Å². The molecule has 0 saturated carbocycles. The van der Waals surface area contributed by atoms with E-state index in [4.69, 9.17) is 14.2 Å². The molecule has 0 unspecified atom stereocenters. The SMILES string of the molecule is COCCOCCOc1cc(F)ccc1Br. The van der Waals surface area contributed by atoms with Crippen LogP contribution in [0, 0.1) is 5.82 Å². The lowest BCUT2D eigenvalue weighted by Crippen LogP contribution is -2.10. The van der Waals surface area contributed by atoms with Gasteiger partial charge in [0.25, 0.3) is 0 Å². The third-order valence-electron chi connectivity index (χ3n) is 1.81. The number of methoxy groups -OCH3 is 1. The lowest BCUT2D eigenvalue weighted by Gasteiger charge is -2.08. The minimum Gasteiger partial charge on any atom is -0.490 e. The molecule has 0 spiro atoms. The van der Waals surface area contributed by atoms with E-state index in [0.717, 1.165) is 4.47 Å². The van der Waals surface area contributed by atoms with Crippen molar-refractivity contribution in [3.63, 3.8) is 0 Å². The first-order chi connectivity index (χ1) is 7.74. The van der Waals surface area contributed by atoms with Crippen molar-refractivity contribution in [2.75, 3.05) is 33.5 Å². The summed E-state index contributed by atoms with van der Waals surface area (Å²) in [5, 5.41) is 0. The summed E-state index contributed by atoms with van der Waals surface area (Å²) >= 11 is 3.27. The highest BCUT2D eigenvalue weighted by molar-refractivity contribution is 9.10. The highest BCUT2D eigenvalue weighted by Gasteiger charge is 2.02. The standard InChI is InChI=1S/C11H14BrFO3/c1-14-4-5-15-6-7-16-11-8-9(13)2-3-10(11)12/h2-3,8H,4-7H2,1H3. The van der Waals surface area contributed by atoms with Crippen LogP contribution in [0.25, 0.3) is 0 Å². The smallest absolute Gasteiger partial charge is 0.136 e. The summed E-state index contributed by atoms with van der Waals surface area (Å²) in [6, 6.07) is 4.31. The molecule has 0 bridgehead atoms. The number of hydrogen-bond donors (Lipinski definition) is 0. The largest absolute Gasteiger partial charge is 0.490 e. The third kappa shape index (κ3) is 4.92. The van der Waals surface area contributed by atoms with E-state index >= 15 is 0 Å². The zero-order chi connectivity index (χ0) is 11.8. The summed E-state index contributed by atoms with van der Waals surface area (Å²) in [4.78, 5) is 0. The van der Waals surface area contributed by atoms with Gasteiger partial charge >= 0.3 is 0 Å². The maximum Gasteiger partial charge on any atom is 0.136 e. The first-order valence-electron chi connectivity index (χ1n) is 4.88. The Bertz CT molecular complexity index is 320. The number of benzene rings is 1. The highest BCUT2D eigenvalue weighted by Crippen LogP contribution is 2.25. The summed E-state index contributed by atoms with van der Waals surface area (Å²) in [6.45, 7) is 1.92. The summed E-state index contributed by atoms with van der Waals surface area (Å²) in [7, 11) is 1.61. The second kappa shape index (κ2) is 7.60. The Hall–Kier alpha value is -0.650. The van der Waals surface area contributed by atoms with E-state index in [-0.39, 0.29) is 5.82 Å². The van der Waals surface area contributed by atoms with Crippen molar-refractivity contribution in [3.8, 4) is 5.75 Å². The molecule has 0 atom stereocenters. The van der Waals surface area contributed by atoms with Gasteiger partial charge in [0, 0.05) is 13.2 Å². The molecular formula is C11H14BrFO3. The second-order valence-electron chi connectivity index (χ2n) is 3.03. The molecular weight excluding hydrogens is 279 g/mol. The molecule has 0 aliphatic carbocycles. The van der Waals surface area contributed by atoms with Gasteiger partial charge in [0.1, 0.15) is 18.2 Å². The van der Waals surface area contributed by atoms with E-state index in [9.17, 15) is 4.39 Å². The summed E-state index contributed by atoms with van der Waals surface area (Å²) in [5.74, 6) is 0.161. The fraction of sp³-hybridized carbons (Fsp3) is 0.455. The van der Waals surface area contributed by atoms with Crippen molar-refractivity contribution in [2.45, 2.75) is 0 Å². The quantitative estimate of drug-likeness (QED) is 0.723. The zero-order valence-electron chi connectivity index (χ0n) is 9.04. The van der Waals surface area contributed by atoms with E-state index in [2.05, 4.69) is 15.9 Å². The average Bonchev–Trinajstić information content (AvgIpc) is 2.28. The van der Waals surface area contributed by atoms with Gasteiger partial charge in [0.2, 0.25) is 0 Å². The first-order valence-corrected chi connectivity index (χ1v) is 5.68. The van der Waals surface area contributed by atoms with Gasteiger partial charge in [-0.25, -0.2) is 4.39 Å². The summed E-state index contributed by atoms with van der Waals surface area (Å²) in [6.07, 6.45) is 0. The molecule has 16 heavy (non-hydrogen) atoms. The fourth-order valence-electron chi connectivity index (χ4n) is 1.04. The minimum absolute atomic E-state index is 0.321. The molecule has 0 fully saturated rings. The molecule has 0 aliphatic rings. The van der Waals surface area contributed by atoms with Crippen LogP contribution in [0.5, 0.6) is 5.75 Å². The Morgan fingerprint density at radius 1 is 1.19 bits per heavy atom. The maximum absolute atomic E-state index is 12.9. The molecule has 0 saturated heterocycles. The number of halogens is 2. The van der Waals surface area contributed by atoms with Crippen molar-refractivity contribution in [2.24, 2.45) is 0 Å². The summed E-state index contributed by atoms with van der Waals surface area (Å²) in [5.41, 5.74) is 0. The molecule has 1 aromatic carbocycles. The fourth-order valence-corrected chi connectivity index (χ4v) is 1.40. The Balaban J connectivity index is 2.23. The lowest BCUT2D eigenvalue weighted by atomic mass is 10.3. The number of ether oxygens (including phenoxy) is 3. The molecule has 5 heteroatoms. The average molecular weight is 293 g/mol. The van der Waals surface area contributed by atoms with E-state index in [1.54, 1.807) is 13.2 Å². The van der Waals surface area contributed by atoms with Crippen LogP contribution in [0.2, 0.25) is 0 Å². The monoisotopic (exact) mass is 292 g/mol. The zero-order valence-corrected chi connectivity index (χ0v) is 10.6. The minimum atomic E-state index is -0.321. The topological polar surface area (TPSA) is 27.7 Å². The Labute approximate surface area is 103 Å². The van der Waals surface area contributed by atoms with Crippen LogP contribution in [0.3, 0.4) is 0 Å². The third-order valence-corrected chi connectivity index (χ3v) is 2.47. The summed E-state index contributed by atoms with van der Waals surface area (Å²) < 4.78 is 29.0. The van der Waals surface area contributed by atoms with Crippen molar-refractivity contribution in [3.05, 3.63) is 28.5 Å². The Kier molecular flexibility index (Phi) is 6.37. The molecule has 0 aliphatic heterocycles. The van der Waals surface area contributed by atoms with Gasteiger partial charge in [-0.2, -0.15) is 0 Å². The molecule has 0 heterocycles. The number of hydrogen-bond acceptors (Lipinski definition) is 3. The van der Waals surface area contributed by atoms with Crippen molar-refractivity contribution in [1.82, 2.24) is 0 Å². The van der Waals surface area contributed by atoms with E-state index in [0.29, 0.717) is 32.2 Å². The van der Waals surface area contributed by atoms with Crippen LogP contribution in [-0.4, -0.2) is 33.5 Å². The Morgan fingerprint density at radius 3 is 2.69 bits per heavy atom. The van der Waals surface area contributed by atoms with E-state index in [1.165, 1.54) is 12.1 Å². The normalized spacial score (nSPS) is 10.4. The molecule has 1 aromatic rings. The van der Waals surface area contributed by atoms with Gasteiger partial charge in [0.15, 0.2) is 0 Å². The van der Waals surface area contributed by atoms with Crippen LogP contribution >= 0.6 is 15.9 Å². The lowest BCUT2D eigenvalue weighted by molar-refractivity contribution is 0.0542. The maximum atomic E-state index is 12.9. The van der Waals surface area contributed by atoms with Crippen molar-refractivity contribution < 1.29 is 18.6 Å². The van der Waals surface area contributed by atoms with Gasteiger partial charge in [-0.1, -0.05) is 0 Å². The van der Waals surface area contributed by atoms with Gasteiger partial charge in [-0.15, -0.1) is 0 Å². The molecule has 90 valence electrons. The van der Waals surface area contributed by atoms with Gasteiger partial charge in [-0.3, -0.25) is 0 Å². The Morgan fingerprint density at radius 2 is 1.94 bits per heavy atom. The van der Waals surface area contributed by atoms with Gasteiger partial charge in [-0.05, 0) is 28.1 Å². The molecule has 0 aromatic heterocycles.